The molecule has 9 heteroatoms. The fourth-order valence-electron chi connectivity index (χ4n) is 2.32. The molecule has 6 N–H and O–H groups in total. The van der Waals surface area contributed by atoms with Gasteiger partial charge in [0.05, 0.1) is 5.69 Å². The van der Waals surface area contributed by atoms with Gasteiger partial charge < -0.3 is 31.2 Å². The van der Waals surface area contributed by atoms with E-state index in [-0.39, 0.29) is 17.3 Å². The molecule has 0 bridgehead atoms. The summed E-state index contributed by atoms with van der Waals surface area (Å²) >= 11 is 0. The Morgan fingerprint density at radius 3 is 2.33 bits per heavy atom. The molecule has 0 atom stereocenters. The number of amides is 3. The molecule has 2 rings (SSSR count). The highest BCUT2D eigenvalue weighted by molar-refractivity contribution is 6.05. The summed E-state index contributed by atoms with van der Waals surface area (Å²) in [6.45, 7) is 0.709. The Hall–Kier alpha value is -3.07. The summed E-state index contributed by atoms with van der Waals surface area (Å²) in [5, 5.41) is 5.35. The Morgan fingerprint density at radius 1 is 1.08 bits per heavy atom. The normalized spacial score (nSPS) is 10.5. The monoisotopic (exact) mass is 332 g/mol. The van der Waals surface area contributed by atoms with Crippen molar-refractivity contribution in [1.82, 2.24) is 14.5 Å². The van der Waals surface area contributed by atoms with Crippen LogP contribution in [-0.4, -0.2) is 39.9 Å². The second-order valence-corrected chi connectivity index (χ2v) is 5.25. The summed E-state index contributed by atoms with van der Waals surface area (Å²) in [5.74, 6) is -1.31. The lowest BCUT2D eigenvalue weighted by molar-refractivity contribution is 0.0944. The summed E-state index contributed by atoms with van der Waals surface area (Å²) < 4.78 is 3.01. The summed E-state index contributed by atoms with van der Waals surface area (Å²) in [5.41, 5.74) is 11.9. The Kier molecular flexibility index (Phi) is 5.05. The van der Waals surface area contributed by atoms with Crippen molar-refractivity contribution in [3.63, 3.8) is 0 Å². The molecule has 2 aromatic rings. The number of hydrogen-bond acceptors (Lipinski definition) is 4. The van der Waals surface area contributed by atoms with Gasteiger partial charge in [0.25, 0.3) is 17.7 Å². The van der Waals surface area contributed by atoms with Gasteiger partial charge in [-0.15, -0.1) is 0 Å². The number of nitrogens with two attached hydrogens (primary N) is 2. The Labute approximate surface area is 138 Å². The number of aryl methyl sites for hydroxylation is 1. The summed E-state index contributed by atoms with van der Waals surface area (Å²) in [6, 6.07) is 4.54. The highest BCUT2D eigenvalue weighted by Crippen LogP contribution is 2.15. The summed E-state index contributed by atoms with van der Waals surface area (Å²) in [4.78, 5) is 35.5. The summed E-state index contributed by atoms with van der Waals surface area (Å²) in [7, 11) is 3.27. The van der Waals surface area contributed by atoms with Gasteiger partial charge >= 0.3 is 0 Å². The maximum absolute atomic E-state index is 12.3. The van der Waals surface area contributed by atoms with Crippen molar-refractivity contribution in [2.24, 2.45) is 25.6 Å². The van der Waals surface area contributed by atoms with Crippen LogP contribution in [0.3, 0.4) is 0 Å². The lowest BCUT2D eigenvalue weighted by atomic mass is 10.3. The number of nitrogens with one attached hydrogen (secondary N) is 2. The number of aromatic nitrogens is 2. The third-order valence-electron chi connectivity index (χ3n) is 3.53. The standard InChI is InChI=1S/C15H20N6O3/c1-20-8-9(7-12(20)14(23)18-6-5-16)19-15(24)11-4-3-10(13(17)22)21(11)2/h3-4,7-8H,5-6,16H2,1-2H3,(H2,17,22)(H,18,23)(H,19,24). The predicted octanol–water partition coefficient (Wildman–Crippen LogP) is -0.597. The van der Waals surface area contributed by atoms with E-state index < -0.39 is 11.8 Å². The van der Waals surface area contributed by atoms with Crippen LogP contribution >= 0.6 is 0 Å². The van der Waals surface area contributed by atoms with Crippen molar-refractivity contribution in [3.8, 4) is 0 Å². The van der Waals surface area contributed by atoms with Gasteiger partial charge in [0, 0.05) is 33.4 Å². The van der Waals surface area contributed by atoms with Gasteiger partial charge in [0.15, 0.2) is 0 Å². The second kappa shape index (κ2) is 7.01. The first-order valence-electron chi connectivity index (χ1n) is 7.26. The van der Waals surface area contributed by atoms with Gasteiger partial charge in [0.2, 0.25) is 0 Å². The van der Waals surface area contributed by atoms with Crippen LogP contribution in [0.4, 0.5) is 5.69 Å². The molecule has 0 saturated heterocycles. The number of primary amides is 1. The SMILES string of the molecule is Cn1cc(NC(=O)c2ccc(C(N)=O)n2C)cc1C(=O)NCCN. The van der Waals surface area contributed by atoms with Crippen molar-refractivity contribution in [1.29, 1.82) is 0 Å². The van der Waals surface area contributed by atoms with E-state index in [2.05, 4.69) is 10.6 Å². The van der Waals surface area contributed by atoms with Crippen LogP contribution in [0.5, 0.6) is 0 Å². The van der Waals surface area contributed by atoms with E-state index in [4.69, 9.17) is 11.5 Å². The van der Waals surface area contributed by atoms with E-state index >= 15 is 0 Å². The molecule has 0 saturated carbocycles. The molecule has 128 valence electrons. The molecule has 0 radical (unpaired) electrons. The van der Waals surface area contributed by atoms with Crippen LogP contribution < -0.4 is 22.1 Å². The zero-order valence-electron chi connectivity index (χ0n) is 13.5. The Morgan fingerprint density at radius 2 is 1.75 bits per heavy atom. The minimum absolute atomic E-state index is 0.232. The van der Waals surface area contributed by atoms with Gasteiger partial charge in [-0.3, -0.25) is 14.4 Å². The number of carbonyl (C=O) groups is 3. The molecule has 2 aromatic heterocycles. The molecule has 0 aliphatic rings. The van der Waals surface area contributed by atoms with E-state index in [0.29, 0.717) is 24.5 Å². The number of nitrogens with zero attached hydrogens (tertiary/aromatic N) is 2. The zero-order chi connectivity index (χ0) is 17.9. The quantitative estimate of drug-likeness (QED) is 0.561. The van der Waals surface area contributed by atoms with E-state index in [1.54, 1.807) is 30.9 Å². The molecule has 9 nitrogen and oxygen atoms in total. The van der Waals surface area contributed by atoms with E-state index in [0.717, 1.165) is 0 Å². The van der Waals surface area contributed by atoms with Crippen molar-refractivity contribution >= 4 is 23.4 Å². The fourth-order valence-corrected chi connectivity index (χ4v) is 2.32. The van der Waals surface area contributed by atoms with Crippen LogP contribution in [0.1, 0.15) is 31.5 Å². The molecular formula is C15H20N6O3. The van der Waals surface area contributed by atoms with Crippen molar-refractivity contribution < 1.29 is 14.4 Å². The molecule has 0 unspecified atom stereocenters. The lowest BCUT2D eigenvalue weighted by Gasteiger charge is -2.05. The average Bonchev–Trinajstić information content (AvgIpc) is 3.07. The topological polar surface area (TPSA) is 137 Å². The van der Waals surface area contributed by atoms with Crippen LogP contribution in [0.25, 0.3) is 0 Å². The van der Waals surface area contributed by atoms with Crippen LogP contribution in [0, 0.1) is 0 Å². The highest BCUT2D eigenvalue weighted by Gasteiger charge is 2.17. The first-order valence-corrected chi connectivity index (χ1v) is 7.26. The molecule has 3 amide bonds. The van der Waals surface area contributed by atoms with Gasteiger partial charge in [-0.1, -0.05) is 0 Å². The zero-order valence-corrected chi connectivity index (χ0v) is 13.5. The first kappa shape index (κ1) is 17.3. The van der Waals surface area contributed by atoms with E-state index in [9.17, 15) is 14.4 Å². The minimum Gasteiger partial charge on any atom is -0.364 e. The molecule has 0 fully saturated rings. The molecule has 0 aliphatic heterocycles. The van der Waals surface area contributed by atoms with Gasteiger partial charge in [-0.25, -0.2) is 0 Å². The number of carbonyl (C=O) groups excluding carboxylic acids is 3. The van der Waals surface area contributed by atoms with Gasteiger partial charge in [-0.05, 0) is 18.2 Å². The molecule has 24 heavy (non-hydrogen) atoms. The number of anilines is 1. The Balaban J connectivity index is 2.15. The van der Waals surface area contributed by atoms with Crippen LogP contribution in [0.2, 0.25) is 0 Å². The predicted molar refractivity (Wildman–Crippen MR) is 88.7 cm³/mol. The average molecular weight is 332 g/mol. The maximum Gasteiger partial charge on any atom is 0.272 e. The first-order chi connectivity index (χ1) is 11.3. The third kappa shape index (κ3) is 3.46. The summed E-state index contributed by atoms with van der Waals surface area (Å²) in [6.07, 6.45) is 1.62. The largest absolute Gasteiger partial charge is 0.364 e. The van der Waals surface area contributed by atoms with Crippen LogP contribution in [0.15, 0.2) is 24.4 Å². The van der Waals surface area contributed by atoms with Crippen molar-refractivity contribution in [2.45, 2.75) is 0 Å². The van der Waals surface area contributed by atoms with E-state index in [1.165, 1.54) is 16.7 Å². The number of rotatable bonds is 6. The fraction of sp³-hybridized carbons (Fsp3) is 0.267. The maximum atomic E-state index is 12.3. The second-order valence-electron chi connectivity index (χ2n) is 5.25. The molecule has 0 aliphatic carbocycles. The molecular weight excluding hydrogens is 312 g/mol. The van der Waals surface area contributed by atoms with E-state index in [1.807, 2.05) is 0 Å². The smallest absolute Gasteiger partial charge is 0.272 e. The van der Waals surface area contributed by atoms with Crippen LogP contribution in [-0.2, 0) is 14.1 Å². The van der Waals surface area contributed by atoms with Crippen molar-refractivity contribution in [2.75, 3.05) is 18.4 Å². The number of hydrogen-bond donors (Lipinski definition) is 4. The third-order valence-corrected chi connectivity index (χ3v) is 3.53. The lowest BCUT2D eigenvalue weighted by Crippen LogP contribution is -2.30. The molecule has 0 spiro atoms. The van der Waals surface area contributed by atoms with Gasteiger partial charge in [-0.2, -0.15) is 0 Å². The Bertz CT molecular complexity index is 789. The van der Waals surface area contributed by atoms with Crippen molar-refractivity contribution in [3.05, 3.63) is 41.5 Å². The molecule has 0 aromatic carbocycles. The molecule has 2 heterocycles. The van der Waals surface area contributed by atoms with Gasteiger partial charge in [0.1, 0.15) is 17.1 Å². The highest BCUT2D eigenvalue weighted by atomic mass is 16.2. The minimum atomic E-state index is -0.616.